The standard InChI is InChI=1S/C19H23NO3S/c1-14-2-5-17(6-3-14)24-13-16-4-7-18(23-16)19(21)20-12-15-8-10-22-11-9-15/h2-7,15H,8-13H2,1H3,(H,20,21). The molecule has 0 radical (unpaired) electrons. The van der Waals surface area contributed by atoms with E-state index in [1.807, 2.05) is 6.07 Å². The van der Waals surface area contributed by atoms with Crippen molar-refractivity contribution in [3.05, 3.63) is 53.5 Å². The Hall–Kier alpha value is -1.72. The lowest BCUT2D eigenvalue weighted by atomic mass is 10.0. The van der Waals surface area contributed by atoms with Gasteiger partial charge in [0.25, 0.3) is 5.91 Å². The highest BCUT2D eigenvalue weighted by Gasteiger charge is 2.17. The van der Waals surface area contributed by atoms with Gasteiger partial charge < -0.3 is 14.5 Å². The van der Waals surface area contributed by atoms with Crippen LogP contribution in [0.5, 0.6) is 0 Å². The van der Waals surface area contributed by atoms with Crippen molar-refractivity contribution in [1.29, 1.82) is 0 Å². The van der Waals surface area contributed by atoms with E-state index < -0.39 is 0 Å². The summed E-state index contributed by atoms with van der Waals surface area (Å²) in [4.78, 5) is 13.4. The molecule has 128 valence electrons. The van der Waals surface area contributed by atoms with E-state index in [9.17, 15) is 4.79 Å². The van der Waals surface area contributed by atoms with Gasteiger partial charge in [0.15, 0.2) is 5.76 Å². The molecule has 0 bridgehead atoms. The van der Waals surface area contributed by atoms with Crippen LogP contribution in [0, 0.1) is 12.8 Å². The normalized spacial score (nSPS) is 15.4. The molecule has 1 amide bonds. The summed E-state index contributed by atoms with van der Waals surface area (Å²) in [6.07, 6.45) is 2.02. The van der Waals surface area contributed by atoms with Crippen LogP contribution in [0.1, 0.15) is 34.7 Å². The predicted octanol–water partition coefficient (Wildman–Crippen LogP) is 4.04. The molecule has 1 N–H and O–H groups in total. The van der Waals surface area contributed by atoms with Gasteiger partial charge in [0.05, 0.1) is 5.75 Å². The van der Waals surface area contributed by atoms with Crippen LogP contribution in [0.15, 0.2) is 45.7 Å². The van der Waals surface area contributed by atoms with Gasteiger partial charge in [0.2, 0.25) is 0 Å². The Morgan fingerprint density at radius 1 is 1.17 bits per heavy atom. The fraction of sp³-hybridized carbons (Fsp3) is 0.421. The van der Waals surface area contributed by atoms with E-state index in [1.165, 1.54) is 10.5 Å². The van der Waals surface area contributed by atoms with Crippen molar-refractivity contribution in [3.63, 3.8) is 0 Å². The molecule has 5 heteroatoms. The number of ether oxygens (including phenoxy) is 1. The molecule has 0 unspecified atom stereocenters. The van der Waals surface area contributed by atoms with Crippen LogP contribution in [0.4, 0.5) is 0 Å². The minimum absolute atomic E-state index is 0.131. The number of thioether (sulfide) groups is 1. The summed E-state index contributed by atoms with van der Waals surface area (Å²) < 4.78 is 11.0. The number of hydrogen-bond donors (Lipinski definition) is 1. The summed E-state index contributed by atoms with van der Waals surface area (Å²) in [7, 11) is 0. The fourth-order valence-corrected chi connectivity index (χ4v) is 3.43. The van der Waals surface area contributed by atoms with Crippen LogP contribution in [-0.2, 0) is 10.5 Å². The number of benzene rings is 1. The average Bonchev–Trinajstić information content (AvgIpc) is 3.09. The lowest BCUT2D eigenvalue weighted by molar-refractivity contribution is 0.0638. The summed E-state index contributed by atoms with van der Waals surface area (Å²) in [5.74, 6) is 2.30. The summed E-state index contributed by atoms with van der Waals surface area (Å²) in [5.41, 5.74) is 1.25. The van der Waals surface area contributed by atoms with Crippen LogP contribution in [-0.4, -0.2) is 25.7 Å². The van der Waals surface area contributed by atoms with E-state index >= 15 is 0 Å². The summed E-state index contributed by atoms with van der Waals surface area (Å²) in [6, 6.07) is 12.0. The van der Waals surface area contributed by atoms with Gasteiger partial charge in [-0.15, -0.1) is 11.8 Å². The minimum Gasteiger partial charge on any atom is -0.455 e. The lowest BCUT2D eigenvalue weighted by Crippen LogP contribution is -2.31. The van der Waals surface area contributed by atoms with Gasteiger partial charge in [-0.1, -0.05) is 17.7 Å². The molecular weight excluding hydrogens is 322 g/mol. The van der Waals surface area contributed by atoms with Gasteiger partial charge in [-0.25, -0.2) is 0 Å². The van der Waals surface area contributed by atoms with Crippen LogP contribution >= 0.6 is 11.8 Å². The fourth-order valence-electron chi connectivity index (χ4n) is 2.64. The zero-order valence-electron chi connectivity index (χ0n) is 13.9. The molecule has 0 saturated carbocycles. The molecule has 4 nitrogen and oxygen atoms in total. The van der Waals surface area contributed by atoms with Crippen molar-refractivity contribution >= 4 is 17.7 Å². The van der Waals surface area contributed by atoms with E-state index in [0.717, 1.165) is 37.6 Å². The predicted molar refractivity (Wildman–Crippen MR) is 95.3 cm³/mol. The van der Waals surface area contributed by atoms with Crippen molar-refractivity contribution in [2.75, 3.05) is 19.8 Å². The van der Waals surface area contributed by atoms with E-state index in [1.54, 1.807) is 17.8 Å². The Morgan fingerprint density at radius 3 is 2.67 bits per heavy atom. The number of aryl methyl sites for hydroxylation is 1. The first-order chi connectivity index (χ1) is 11.7. The molecule has 1 saturated heterocycles. The summed E-state index contributed by atoms with van der Waals surface area (Å²) >= 11 is 1.70. The quantitative estimate of drug-likeness (QED) is 0.803. The Balaban J connectivity index is 1.47. The third-order valence-corrected chi connectivity index (χ3v) is 5.21. The average molecular weight is 345 g/mol. The van der Waals surface area contributed by atoms with Crippen molar-refractivity contribution in [1.82, 2.24) is 5.32 Å². The number of carbonyl (C=O) groups is 1. The van der Waals surface area contributed by atoms with Gasteiger partial charge in [-0.3, -0.25) is 4.79 Å². The van der Waals surface area contributed by atoms with E-state index in [-0.39, 0.29) is 5.91 Å². The van der Waals surface area contributed by atoms with Gasteiger partial charge in [-0.2, -0.15) is 0 Å². The second-order valence-electron chi connectivity index (χ2n) is 6.13. The molecule has 1 aliphatic rings. The van der Waals surface area contributed by atoms with Crippen molar-refractivity contribution in [3.8, 4) is 0 Å². The van der Waals surface area contributed by atoms with Gasteiger partial charge >= 0.3 is 0 Å². The maximum atomic E-state index is 12.2. The zero-order chi connectivity index (χ0) is 16.8. The number of carbonyl (C=O) groups excluding carboxylic acids is 1. The largest absolute Gasteiger partial charge is 0.455 e. The first-order valence-corrected chi connectivity index (χ1v) is 9.33. The van der Waals surface area contributed by atoms with Gasteiger partial charge in [0.1, 0.15) is 5.76 Å². The highest BCUT2D eigenvalue weighted by molar-refractivity contribution is 7.98. The summed E-state index contributed by atoms with van der Waals surface area (Å²) in [5, 5.41) is 2.97. The first-order valence-electron chi connectivity index (χ1n) is 8.35. The van der Waals surface area contributed by atoms with Crippen molar-refractivity contribution < 1.29 is 13.9 Å². The molecular formula is C19H23NO3S. The van der Waals surface area contributed by atoms with Crippen molar-refractivity contribution in [2.24, 2.45) is 5.92 Å². The molecule has 3 rings (SSSR count). The maximum Gasteiger partial charge on any atom is 0.287 e. The highest BCUT2D eigenvalue weighted by Crippen LogP contribution is 2.24. The Kier molecular flexibility index (Phi) is 5.99. The zero-order valence-corrected chi connectivity index (χ0v) is 14.7. The number of nitrogens with one attached hydrogen (secondary N) is 1. The molecule has 2 heterocycles. The number of furan rings is 1. The number of rotatable bonds is 6. The van der Waals surface area contributed by atoms with Crippen molar-refractivity contribution in [2.45, 2.75) is 30.4 Å². The van der Waals surface area contributed by atoms with Crippen LogP contribution in [0.2, 0.25) is 0 Å². The maximum absolute atomic E-state index is 12.2. The lowest BCUT2D eigenvalue weighted by Gasteiger charge is -2.21. The molecule has 24 heavy (non-hydrogen) atoms. The second kappa shape index (κ2) is 8.40. The highest BCUT2D eigenvalue weighted by atomic mass is 32.2. The molecule has 1 aromatic heterocycles. The third kappa shape index (κ3) is 4.89. The van der Waals surface area contributed by atoms with Crippen LogP contribution in [0.3, 0.4) is 0 Å². The Bertz CT molecular complexity index is 660. The number of amides is 1. The molecule has 1 fully saturated rings. The molecule has 1 aliphatic heterocycles. The first kappa shape index (κ1) is 17.1. The minimum atomic E-state index is -0.131. The SMILES string of the molecule is Cc1ccc(SCc2ccc(C(=O)NCC3CCOCC3)o2)cc1. The smallest absolute Gasteiger partial charge is 0.287 e. The van der Waals surface area contributed by atoms with E-state index in [0.29, 0.717) is 18.2 Å². The number of hydrogen-bond acceptors (Lipinski definition) is 4. The molecule has 0 aliphatic carbocycles. The van der Waals surface area contributed by atoms with Crippen LogP contribution < -0.4 is 5.32 Å². The second-order valence-corrected chi connectivity index (χ2v) is 7.18. The van der Waals surface area contributed by atoms with E-state index in [2.05, 4.69) is 36.5 Å². The Labute approximate surface area is 147 Å². The molecule has 0 atom stereocenters. The third-order valence-electron chi connectivity index (χ3n) is 4.18. The summed E-state index contributed by atoms with van der Waals surface area (Å²) in [6.45, 7) is 4.35. The van der Waals surface area contributed by atoms with E-state index in [4.69, 9.17) is 9.15 Å². The monoisotopic (exact) mass is 345 g/mol. The Morgan fingerprint density at radius 2 is 1.92 bits per heavy atom. The molecule has 1 aromatic carbocycles. The van der Waals surface area contributed by atoms with Gasteiger partial charge in [-0.05, 0) is 49.9 Å². The molecule has 0 spiro atoms. The molecule has 2 aromatic rings. The topological polar surface area (TPSA) is 51.5 Å². The van der Waals surface area contributed by atoms with Crippen LogP contribution in [0.25, 0.3) is 0 Å². The van der Waals surface area contributed by atoms with Gasteiger partial charge in [0, 0.05) is 24.7 Å².